The van der Waals surface area contributed by atoms with Crippen LogP contribution in [0.2, 0.25) is 0 Å². The van der Waals surface area contributed by atoms with Crippen molar-refractivity contribution in [1.82, 2.24) is 0 Å². The maximum absolute atomic E-state index is 2.43. The molecular formula is C24H26. The summed E-state index contributed by atoms with van der Waals surface area (Å²) in [6, 6.07) is 17.6. The van der Waals surface area contributed by atoms with Gasteiger partial charge in [0.2, 0.25) is 0 Å². The van der Waals surface area contributed by atoms with Crippen molar-refractivity contribution in [2.45, 2.75) is 40.5 Å². The summed E-state index contributed by atoms with van der Waals surface area (Å²) >= 11 is 0. The Morgan fingerprint density at radius 3 is 1.33 bits per heavy atom. The number of allylic oxidation sites excluding steroid dienone is 2. The van der Waals surface area contributed by atoms with Gasteiger partial charge in [-0.1, -0.05) is 99.5 Å². The van der Waals surface area contributed by atoms with Crippen LogP contribution >= 0.6 is 0 Å². The number of benzene rings is 2. The van der Waals surface area contributed by atoms with Gasteiger partial charge in [-0.25, -0.2) is 0 Å². The van der Waals surface area contributed by atoms with Crippen molar-refractivity contribution < 1.29 is 0 Å². The van der Waals surface area contributed by atoms with Crippen LogP contribution in [0.5, 0.6) is 0 Å². The summed E-state index contributed by atoms with van der Waals surface area (Å²) in [5, 5.41) is 0. The van der Waals surface area contributed by atoms with Crippen molar-refractivity contribution in [2.75, 3.05) is 0 Å². The summed E-state index contributed by atoms with van der Waals surface area (Å²) < 4.78 is 0. The van der Waals surface area contributed by atoms with Crippen LogP contribution in [0.4, 0.5) is 0 Å². The molecule has 0 bridgehead atoms. The zero-order chi connectivity index (χ0) is 16.9. The Balaban J connectivity index is 1.68. The summed E-state index contributed by atoms with van der Waals surface area (Å²) in [5.41, 5.74) is 9.12. The molecule has 0 atom stereocenters. The third-order valence-electron chi connectivity index (χ3n) is 6.70. The number of hydrogen-bond acceptors (Lipinski definition) is 0. The van der Waals surface area contributed by atoms with Crippen molar-refractivity contribution in [3.8, 4) is 0 Å². The molecule has 0 spiro atoms. The highest BCUT2D eigenvalue weighted by Gasteiger charge is 2.44. The van der Waals surface area contributed by atoms with Crippen molar-refractivity contribution in [2.24, 2.45) is 10.8 Å². The molecular weight excluding hydrogens is 288 g/mol. The molecule has 0 N–H and O–H groups in total. The molecule has 0 saturated heterocycles. The minimum absolute atomic E-state index is 0.125. The lowest BCUT2D eigenvalue weighted by atomic mass is 9.59. The largest absolute Gasteiger partial charge is 0.0619 e. The van der Waals surface area contributed by atoms with Gasteiger partial charge in [-0.2, -0.15) is 0 Å². The first-order chi connectivity index (χ1) is 11.4. The molecule has 0 nitrogen and oxygen atoms in total. The van der Waals surface area contributed by atoms with E-state index in [9.17, 15) is 0 Å². The Labute approximate surface area is 145 Å². The molecule has 2 aliphatic carbocycles. The Bertz CT molecular complexity index is 786. The molecule has 24 heavy (non-hydrogen) atoms. The molecule has 0 heterocycles. The molecule has 2 aliphatic rings. The highest BCUT2D eigenvalue weighted by atomic mass is 14.5. The van der Waals surface area contributed by atoms with Crippen molar-refractivity contribution in [3.63, 3.8) is 0 Å². The average molecular weight is 314 g/mol. The predicted octanol–water partition coefficient (Wildman–Crippen LogP) is 6.32. The standard InChI is InChI=1S/C24H26/c1-23(2,21-13-17-9-5-6-10-18(17)14-21)24(3,4)22-15-19-11-7-8-12-20(19)16-22/h5-13,15H,14,16H2,1-4H3. The quantitative estimate of drug-likeness (QED) is 0.622. The molecule has 0 amide bonds. The molecule has 0 saturated carbocycles. The first kappa shape index (κ1) is 15.4. The van der Waals surface area contributed by atoms with Gasteiger partial charge in [0.25, 0.3) is 0 Å². The van der Waals surface area contributed by atoms with E-state index in [0.717, 1.165) is 12.8 Å². The van der Waals surface area contributed by atoms with E-state index >= 15 is 0 Å². The van der Waals surface area contributed by atoms with Crippen LogP contribution in [0.25, 0.3) is 12.2 Å². The van der Waals surface area contributed by atoms with Gasteiger partial charge in [-0.05, 0) is 45.9 Å². The maximum Gasteiger partial charge on any atom is -0.00495 e. The van der Waals surface area contributed by atoms with Gasteiger partial charge in [0.15, 0.2) is 0 Å². The smallest absolute Gasteiger partial charge is 0.00495 e. The Morgan fingerprint density at radius 2 is 0.958 bits per heavy atom. The highest BCUT2D eigenvalue weighted by Crippen LogP contribution is 2.54. The minimum Gasteiger partial charge on any atom is -0.0619 e. The Kier molecular flexibility index (Phi) is 3.35. The molecule has 122 valence electrons. The van der Waals surface area contributed by atoms with Crippen LogP contribution < -0.4 is 0 Å². The molecule has 0 unspecified atom stereocenters. The van der Waals surface area contributed by atoms with E-state index in [1.807, 2.05) is 0 Å². The van der Waals surface area contributed by atoms with Gasteiger partial charge in [0.05, 0.1) is 0 Å². The van der Waals surface area contributed by atoms with Crippen LogP contribution in [0, 0.1) is 10.8 Å². The average Bonchev–Trinajstić information content (AvgIpc) is 3.19. The Morgan fingerprint density at radius 1 is 0.583 bits per heavy atom. The molecule has 0 fully saturated rings. The third kappa shape index (κ3) is 2.20. The van der Waals surface area contributed by atoms with Gasteiger partial charge in [0.1, 0.15) is 0 Å². The summed E-state index contributed by atoms with van der Waals surface area (Å²) in [6.45, 7) is 9.70. The SMILES string of the molecule is CC(C)(C1=Cc2ccccc2C1)C(C)(C)C1=Cc2ccccc2C1. The number of hydrogen-bond donors (Lipinski definition) is 0. The molecule has 4 rings (SSSR count). The van der Waals surface area contributed by atoms with Crippen LogP contribution in [0.15, 0.2) is 59.7 Å². The maximum atomic E-state index is 2.43. The topological polar surface area (TPSA) is 0 Å². The lowest BCUT2D eigenvalue weighted by Gasteiger charge is -2.44. The van der Waals surface area contributed by atoms with Gasteiger partial charge in [-0.3, -0.25) is 0 Å². The zero-order valence-corrected chi connectivity index (χ0v) is 15.2. The van der Waals surface area contributed by atoms with Gasteiger partial charge >= 0.3 is 0 Å². The fourth-order valence-electron chi connectivity index (χ4n) is 4.17. The van der Waals surface area contributed by atoms with Crippen LogP contribution in [-0.2, 0) is 12.8 Å². The van der Waals surface area contributed by atoms with E-state index in [-0.39, 0.29) is 10.8 Å². The van der Waals surface area contributed by atoms with Crippen molar-refractivity contribution in [3.05, 3.63) is 81.9 Å². The Hall–Kier alpha value is -2.08. The lowest BCUT2D eigenvalue weighted by Crippen LogP contribution is -2.36. The van der Waals surface area contributed by atoms with Crippen molar-refractivity contribution in [1.29, 1.82) is 0 Å². The monoisotopic (exact) mass is 314 g/mol. The van der Waals surface area contributed by atoms with E-state index < -0.39 is 0 Å². The highest BCUT2D eigenvalue weighted by molar-refractivity contribution is 5.68. The molecule has 0 aromatic heterocycles. The van der Waals surface area contributed by atoms with Gasteiger partial charge < -0.3 is 0 Å². The number of rotatable bonds is 3. The van der Waals surface area contributed by atoms with Crippen LogP contribution in [0.1, 0.15) is 49.9 Å². The summed E-state index contributed by atoms with van der Waals surface area (Å²) in [7, 11) is 0. The molecule has 2 aromatic carbocycles. The summed E-state index contributed by atoms with van der Waals surface area (Å²) in [6.07, 6.45) is 7.04. The molecule has 0 radical (unpaired) electrons. The second-order valence-electron chi connectivity index (χ2n) is 8.34. The van der Waals surface area contributed by atoms with Crippen molar-refractivity contribution >= 4 is 12.2 Å². The molecule has 0 aliphatic heterocycles. The fourth-order valence-corrected chi connectivity index (χ4v) is 4.17. The molecule has 0 heteroatoms. The summed E-state index contributed by atoms with van der Waals surface area (Å²) in [5.74, 6) is 0. The van der Waals surface area contributed by atoms with E-state index in [0.29, 0.717) is 0 Å². The van der Waals surface area contributed by atoms with E-state index in [1.54, 1.807) is 11.1 Å². The second kappa shape index (κ2) is 5.21. The van der Waals surface area contributed by atoms with E-state index in [2.05, 4.69) is 88.4 Å². The zero-order valence-electron chi connectivity index (χ0n) is 15.2. The fraction of sp³-hybridized carbons (Fsp3) is 0.333. The lowest BCUT2D eigenvalue weighted by molar-refractivity contribution is 0.196. The van der Waals surface area contributed by atoms with Crippen LogP contribution in [-0.4, -0.2) is 0 Å². The van der Waals surface area contributed by atoms with E-state index in [4.69, 9.17) is 0 Å². The molecule has 2 aromatic rings. The normalized spacial score (nSPS) is 16.5. The first-order valence-electron chi connectivity index (χ1n) is 8.97. The first-order valence-corrected chi connectivity index (χ1v) is 8.97. The van der Waals surface area contributed by atoms with Crippen LogP contribution in [0.3, 0.4) is 0 Å². The summed E-state index contributed by atoms with van der Waals surface area (Å²) in [4.78, 5) is 0. The predicted molar refractivity (Wildman–Crippen MR) is 104 cm³/mol. The second-order valence-corrected chi connectivity index (χ2v) is 8.34. The number of fused-ring (bicyclic) bond motifs is 2. The third-order valence-corrected chi connectivity index (χ3v) is 6.70. The minimum atomic E-state index is 0.125. The van der Waals surface area contributed by atoms with Gasteiger partial charge in [-0.15, -0.1) is 0 Å². The van der Waals surface area contributed by atoms with Gasteiger partial charge in [0, 0.05) is 0 Å². The van der Waals surface area contributed by atoms with E-state index in [1.165, 1.54) is 22.3 Å².